The minimum atomic E-state index is -0.798. The standard InChI is InChI=1S/C29H25F2N3O3/c1-18(19-6-4-3-5-7-19)37-28(36)33-27-23(16-32-34(27)2)26-24(30)14-21(15-25(26)31)20-8-10-22(11-9-20)29(17-35)12-13-29/h3-11,14-18H,12-13H2,1-2H3,(H,33,36)/t18-/m1/s1. The largest absolute Gasteiger partial charge is 0.441 e. The van der Waals surface area contributed by atoms with E-state index in [4.69, 9.17) is 4.74 Å². The van der Waals surface area contributed by atoms with Crippen molar-refractivity contribution in [2.24, 2.45) is 7.05 Å². The number of benzene rings is 3. The zero-order valence-corrected chi connectivity index (χ0v) is 20.4. The molecule has 1 aliphatic carbocycles. The Morgan fingerprint density at radius 1 is 1.05 bits per heavy atom. The van der Waals surface area contributed by atoms with E-state index < -0.39 is 29.2 Å². The van der Waals surface area contributed by atoms with Crippen molar-refractivity contribution >= 4 is 18.2 Å². The molecule has 37 heavy (non-hydrogen) atoms. The molecule has 3 aromatic carbocycles. The molecule has 6 nitrogen and oxygen atoms in total. The van der Waals surface area contributed by atoms with E-state index in [0.29, 0.717) is 11.1 Å². The lowest BCUT2D eigenvalue weighted by Gasteiger charge is -2.15. The fourth-order valence-corrected chi connectivity index (χ4v) is 4.45. The average molecular weight is 502 g/mol. The molecule has 1 N–H and O–H groups in total. The summed E-state index contributed by atoms with van der Waals surface area (Å²) >= 11 is 0. The third kappa shape index (κ3) is 4.74. The third-order valence-corrected chi connectivity index (χ3v) is 6.83. The van der Waals surface area contributed by atoms with Crippen LogP contribution in [0.5, 0.6) is 0 Å². The molecule has 1 aliphatic rings. The summed E-state index contributed by atoms with van der Waals surface area (Å²) in [6.07, 6.45) is 2.58. The molecule has 1 heterocycles. The number of carbonyl (C=O) groups excluding carboxylic acids is 2. The predicted octanol–water partition coefficient (Wildman–Crippen LogP) is 6.57. The normalized spacial score (nSPS) is 14.6. The second kappa shape index (κ2) is 9.61. The van der Waals surface area contributed by atoms with Gasteiger partial charge in [0.25, 0.3) is 0 Å². The maximum absolute atomic E-state index is 15.3. The molecule has 0 radical (unpaired) electrons. The molecule has 5 rings (SSSR count). The van der Waals surface area contributed by atoms with Crippen molar-refractivity contribution in [3.05, 3.63) is 95.7 Å². The van der Waals surface area contributed by atoms with Gasteiger partial charge in [0.15, 0.2) is 0 Å². The summed E-state index contributed by atoms with van der Waals surface area (Å²) in [4.78, 5) is 24.0. The summed E-state index contributed by atoms with van der Waals surface area (Å²) in [6.45, 7) is 1.73. The van der Waals surface area contributed by atoms with Gasteiger partial charge in [-0.25, -0.2) is 13.6 Å². The maximum Gasteiger partial charge on any atom is 0.413 e. The van der Waals surface area contributed by atoms with Gasteiger partial charge < -0.3 is 9.53 Å². The van der Waals surface area contributed by atoms with Crippen LogP contribution in [0.2, 0.25) is 0 Å². The Kier molecular flexibility index (Phi) is 6.33. The Balaban J connectivity index is 1.39. The number of nitrogens with zero attached hydrogens (tertiary/aromatic N) is 2. The number of aldehydes is 1. The number of aryl methyl sites for hydroxylation is 1. The smallest absolute Gasteiger partial charge is 0.413 e. The molecule has 1 atom stereocenters. The first-order valence-corrected chi connectivity index (χ1v) is 11.9. The van der Waals surface area contributed by atoms with Gasteiger partial charge in [0.05, 0.1) is 22.7 Å². The molecular formula is C29H25F2N3O3. The van der Waals surface area contributed by atoms with Crippen molar-refractivity contribution in [1.82, 2.24) is 9.78 Å². The Morgan fingerprint density at radius 2 is 1.70 bits per heavy atom. The van der Waals surface area contributed by atoms with E-state index in [2.05, 4.69) is 10.4 Å². The first-order chi connectivity index (χ1) is 17.8. The van der Waals surface area contributed by atoms with Gasteiger partial charge >= 0.3 is 6.09 Å². The Morgan fingerprint density at radius 3 is 2.30 bits per heavy atom. The zero-order valence-electron chi connectivity index (χ0n) is 20.4. The monoisotopic (exact) mass is 501 g/mol. The summed E-state index contributed by atoms with van der Waals surface area (Å²) in [5.41, 5.74) is 2.06. The van der Waals surface area contributed by atoms with Crippen LogP contribution >= 0.6 is 0 Å². The number of hydrogen-bond donors (Lipinski definition) is 1. The maximum atomic E-state index is 15.3. The van der Waals surface area contributed by atoms with Gasteiger partial charge in [0.2, 0.25) is 0 Å². The molecule has 0 spiro atoms. The number of ether oxygens (including phenoxy) is 1. The first-order valence-electron chi connectivity index (χ1n) is 11.9. The van der Waals surface area contributed by atoms with Crippen molar-refractivity contribution < 1.29 is 23.1 Å². The molecule has 188 valence electrons. The lowest BCUT2D eigenvalue weighted by atomic mass is 9.94. The fourth-order valence-electron chi connectivity index (χ4n) is 4.45. The van der Waals surface area contributed by atoms with E-state index in [1.807, 2.05) is 42.5 Å². The molecule has 1 saturated carbocycles. The average Bonchev–Trinajstić information content (AvgIpc) is 3.63. The minimum Gasteiger partial charge on any atom is -0.441 e. The highest BCUT2D eigenvalue weighted by molar-refractivity contribution is 5.90. The molecule has 0 unspecified atom stereocenters. The molecule has 0 saturated heterocycles. The Hall–Kier alpha value is -4.33. The van der Waals surface area contributed by atoms with Gasteiger partial charge in [0.1, 0.15) is 29.8 Å². The number of hydrogen-bond acceptors (Lipinski definition) is 4. The van der Waals surface area contributed by atoms with Crippen molar-refractivity contribution in [1.29, 1.82) is 0 Å². The number of rotatable bonds is 7. The second-order valence-corrected chi connectivity index (χ2v) is 9.28. The number of anilines is 1. The molecule has 1 aromatic heterocycles. The van der Waals surface area contributed by atoms with Crippen molar-refractivity contribution in [2.75, 3.05) is 5.32 Å². The highest BCUT2D eigenvalue weighted by atomic mass is 19.1. The minimum absolute atomic E-state index is 0.0883. The molecule has 0 aliphatic heterocycles. The number of halogens is 2. The van der Waals surface area contributed by atoms with Gasteiger partial charge in [-0.05, 0) is 54.2 Å². The van der Waals surface area contributed by atoms with Gasteiger partial charge in [0, 0.05) is 7.05 Å². The van der Waals surface area contributed by atoms with E-state index in [1.54, 1.807) is 26.1 Å². The molecule has 8 heteroatoms. The number of amides is 1. The van der Waals surface area contributed by atoms with E-state index >= 15 is 8.78 Å². The SMILES string of the molecule is C[C@@H](OC(=O)Nc1c(-c2c(F)cc(-c3ccc(C4(C=O)CC4)cc3)cc2F)cnn1C)c1ccccc1. The van der Waals surface area contributed by atoms with Crippen LogP contribution in [0, 0.1) is 11.6 Å². The number of nitrogens with one attached hydrogen (secondary N) is 1. The molecular weight excluding hydrogens is 476 g/mol. The lowest BCUT2D eigenvalue weighted by molar-refractivity contribution is -0.109. The predicted molar refractivity (Wildman–Crippen MR) is 136 cm³/mol. The molecule has 0 bridgehead atoms. The molecule has 1 fully saturated rings. The molecule has 4 aromatic rings. The molecule has 1 amide bonds. The van der Waals surface area contributed by atoms with Crippen LogP contribution in [0.25, 0.3) is 22.3 Å². The van der Waals surface area contributed by atoms with E-state index in [0.717, 1.165) is 30.3 Å². The summed E-state index contributed by atoms with van der Waals surface area (Å²) < 4.78 is 37.4. The summed E-state index contributed by atoms with van der Waals surface area (Å²) in [7, 11) is 1.55. The van der Waals surface area contributed by atoms with Gasteiger partial charge in [-0.1, -0.05) is 54.6 Å². The van der Waals surface area contributed by atoms with Crippen molar-refractivity contribution in [3.63, 3.8) is 0 Å². The fraction of sp³-hybridized carbons (Fsp3) is 0.207. The van der Waals surface area contributed by atoms with Gasteiger partial charge in [-0.3, -0.25) is 10.00 Å². The summed E-state index contributed by atoms with van der Waals surface area (Å²) in [6, 6.07) is 18.9. The first kappa shape index (κ1) is 24.4. The number of aromatic nitrogens is 2. The van der Waals surface area contributed by atoms with Crippen LogP contribution in [0.4, 0.5) is 19.4 Å². The van der Waals surface area contributed by atoms with E-state index in [-0.39, 0.29) is 16.9 Å². The number of carbonyl (C=O) groups is 2. The third-order valence-electron chi connectivity index (χ3n) is 6.83. The van der Waals surface area contributed by atoms with Crippen LogP contribution < -0.4 is 5.32 Å². The van der Waals surface area contributed by atoms with Crippen LogP contribution in [-0.2, 0) is 22.0 Å². The van der Waals surface area contributed by atoms with Crippen LogP contribution in [0.15, 0.2) is 72.9 Å². The van der Waals surface area contributed by atoms with Crippen LogP contribution in [0.3, 0.4) is 0 Å². The van der Waals surface area contributed by atoms with Crippen LogP contribution in [0.1, 0.15) is 37.0 Å². The zero-order chi connectivity index (χ0) is 26.2. The second-order valence-electron chi connectivity index (χ2n) is 9.28. The highest BCUT2D eigenvalue weighted by Gasteiger charge is 2.44. The van der Waals surface area contributed by atoms with Crippen molar-refractivity contribution in [2.45, 2.75) is 31.3 Å². The van der Waals surface area contributed by atoms with E-state index in [9.17, 15) is 9.59 Å². The Labute approximate surface area is 212 Å². The van der Waals surface area contributed by atoms with Crippen molar-refractivity contribution in [3.8, 4) is 22.3 Å². The summed E-state index contributed by atoms with van der Waals surface area (Å²) in [5.74, 6) is -1.50. The quantitative estimate of drug-likeness (QED) is 0.291. The lowest BCUT2D eigenvalue weighted by Crippen LogP contribution is -2.18. The summed E-state index contributed by atoms with van der Waals surface area (Å²) in [5, 5.41) is 6.65. The highest BCUT2D eigenvalue weighted by Crippen LogP contribution is 2.46. The van der Waals surface area contributed by atoms with Crippen LogP contribution in [-0.4, -0.2) is 22.2 Å². The Bertz CT molecular complexity index is 1440. The van der Waals surface area contributed by atoms with Gasteiger partial charge in [-0.15, -0.1) is 0 Å². The topological polar surface area (TPSA) is 73.2 Å². The van der Waals surface area contributed by atoms with E-state index in [1.165, 1.54) is 23.0 Å². The van der Waals surface area contributed by atoms with Gasteiger partial charge in [-0.2, -0.15) is 5.10 Å².